The summed E-state index contributed by atoms with van der Waals surface area (Å²) in [4.78, 5) is 27.7. The molecule has 0 bridgehead atoms. The zero-order valence-electron chi connectivity index (χ0n) is 13.9. The molecule has 3 aromatic heterocycles. The Kier molecular flexibility index (Phi) is 6.12. The van der Waals surface area contributed by atoms with Crippen LogP contribution in [0.25, 0.3) is 5.65 Å². The highest BCUT2D eigenvalue weighted by molar-refractivity contribution is 7.99. The Balaban J connectivity index is 1.43. The number of thiazole rings is 1. The fraction of sp³-hybridized carbons (Fsp3) is 0.333. The number of carbonyl (C=O) groups is 2. The molecule has 3 heterocycles. The Bertz CT molecular complexity index is 910. The van der Waals surface area contributed by atoms with Crippen LogP contribution in [0.1, 0.15) is 19.0 Å². The fourth-order valence-corrected chi connectivity index (χ4v) is 3.56. The predicted molar refractivity (Wildman–Crippen MR) is 97.2 cm³/mol. The predicted octanol–water partition coefficient (Wildman–Crippen LogP) is 1.81. The van der Waals surface area contributed by atoms with Gasteiger partial charge in [-0.3, -0.25) is 9.59 Å². The number of hydrogen-bond donors (Lipinski definition) is 1. The summed E-state index contributed by atoms with van der Waals surface area (Å²) in [6.45, 7) is 2.09. The van der Waals surface area contributed by atoms with Crippen LogP contribution in [-0.2, 0) is 20.7 Å². The SMILES string of the molecule is CCOC(=O)Cc1csc(NC(=O)CCSc2ccc3nncn3n2)n1. The Hall–Kier alpha value is -2.53. The number of anilines is 1. The molecule has 136 valence electrons. The first-order valence-corrected chi connectivity index (χ1v) is 9.70. The molecule has 26 heavy (non-hydrogen) atoms. The second-order valence-electron chi connectivity index (χ2n) is 5.08. The molecule has 3 aromatic rings. The number of thioether (sulfide) groups is 1. The second kappa shape index (κ2) is 8.72. The van der Waals surface area contributed by atoms with E-state index in [0.717, 1.165) is 5.03 Å². The highest BCUT2D eigenvalue weighted by Gasteiger charge is 2.11. The third-order valence-corrected chi connectivity index (χ3v) is 4.87. The van der Waals surface area contributed by atoms with E-state index in [1.807, 2.05) is 12.1 Å². The van der Waals surface area contributed by atoms with Gasteiger partial charge in [-0.15, -0.1) is 33.3 Å². The molecule has 0 aliphatic rings. The van der Waals surface area contributed by atoms with E-state index in [2.05, 4.69) is 25.6 Å². The number of carbonyl (C=O) groups excluding carboxylic acids is 2. The Morgan fingerprint density at radius 3 is 3.12 bits per heavy atom. The van der Waals surface area contributed by atoms with E-state index >= 15 is 0 Å². The van der Waals surface area contributed by atoms with Gasteiger partial charge in [0.15, 0.2) is 10.8 Å². The van der Waals surface area contributed by atoms with Crippen molar-refractivity contribution in [3.8, 4) is 0 Å². The number of nitrogens with zero attached hydrogens (tertiary/aromatic N) is 5. The van der Waals surface area contributed by atoms with Crippen molar-refractivity contribution in [2.45, 2.75) is 24.8 Å². The summed E-state index contributed by atoms with van der Waals surface area (Å²) >= 11 is 2.75. The molecule has 1 amide bonds. The largest absolute Gasteiger partial charge is 0.466 e. The molecular weight excluding hydrogens is 376 g/mol. The molecule has 3 rings (SSSR count). The highest BCUT2D eigenvalue weighted by Crippen LogP contribution is 2.19. The molecule has 9 nitrogen and oxygen atoms in total. The summed E-state index contributed by atoms with van der Waals surface area (Å²) in [5.74, 6) is 0.109. The standard InChI is InChI=1S/C15H16N6O3S2/c1-2-24-14(23)7-10-8-26-15(17-10)18-12(22)5-6-25-13-4-3-11-19-16-9-21(11)20-13/h3-4,8-9H,2,5-7H2,1H3,(H,17,18,22). The molecule has 0 aliphatic heterocycles. The van der Waals surface area contributed by atoms with E-state index in [4.69, 9.17) is 4.74 Å². The first kappa shape index (κ1) is 18.3. The summed E-state index contributed by atoms with van der Waals surface area (Å²) in [7, 11) is 0. The van der Waals surface area contributed by atoms with Crippen LogP contribution in [0.2, 0.25) is 0 Å². The first-order valence-electron chi connectivity index (χ1n) is 7.84. The smallest absolute Gasteiger partial charge is 0.311 e. The third-order valence-electron chi connectivity index (χ3n) is 3.15. The minimum absolute atomic E-state index is 0.104. The molecule has 0 aliphatic carbocycles. The summed E-state index contributed by atoms with van der Waals surface area (Å²) in [6, 6.07) is 3.66. The quantitative estimate of drug-likeness (QED) is 0.456. The van der Waals surface area contributed by atoms with E-state index in [0.29, 0.717) is 35.3 Å². The van der Waals surface area contributed by atoms with Crippen LogP contribution in [0.5, 0.6) is 0 Å². The van der Waals surface area contributed by atoms with Crippen molar-refractivity contribution >= 4 is 45.8 Å². The molecule has 0 spiro atoms. The number of nitrogens with one attached hydrogen (secondary N) is 1. The molecule has 0 aromatic carbocycles. The average molecular weight is 392 g/mol. The van der Waals surface area contributed by atoms with Crippen molar-refractivity contribution in [2.75, 3.05) is 17.7 Å². The molecular formula is C15H16N6O3S2. The second-order valence-corrected chi connectivity index (χ2v) is 7.05. The maximum absolute atomic E-state index is 12.0. The minimum atomic E-state index is -0.329. The van der Waals surface area contributed by atoms with Gasteiger partial charge in [0.05, 0.1) is 18.7 Å². The van der Waals surface area contributed by atoms with Crippen LogP contribution in [0.3, 0.4) is 0 Å². The van der Waals surface area contributed by atoms with Gasteiger partial charge in [0.1, 0.15) is 11.4 Å². The van der Waals surface area contributed by atoms with Crippen molar-refractivity contribution in [1.29, 1.82) is 0 Å². The molecule has 0 saturated carbocycles. The van der Waals surface area contributed by atoms with Gasteiger partial charge in [0.25, 0.3) is 0 Å². The Morgan fingerprint density at radius 1 is 1.38 bits per heavy atom. The average Bonchev–Trinajstić information content (AvgIpc) is 3.24. The van der Waals surface area contributed by atoms with Gasteiger partial charge in [-0.1, -0.05) is 0 Å². The molecule has 0 unspecified atom stereocenters. The van der Waals surface area contributed by atoms with Crippen LogP contribution in [0.4, 0.5) is 5.13 Å². The van der Waals surface area contributed by atoms with Crippen molar-refractivity contribution in [3.05, 3.63) is 29.5 Å². The number of fused-ring (bicyclic) bond motifs is 1. The van der Waals surface area contributed by atoms with Crippen LogP contribution >= 0.6 is 23.1 Å². The highest BCUT2D eigenvalue weighted by atomic mass is 32.2. The first-order chi connectivity index (χ1) is 12.6. The summed E-state index contributed by atoms with van der Waals surface area (Å²) < 4.78 is 6.46. The fourth-order valence-electron chi connectivity index (χ4n) is 2.02. The van der Waals surface area contributed by atoms with Crippen LogP contribution in [-0.4, -0.2) is 49.0 Å². The van der Waals surface area contributed by atoms with Crippen molar-refractivity contribution in [1.82, 2.24) is 24.8 Å². The lowest BCUT2D eigenvalue weighted by atomic mass is 10.3. The maximum atomic E-state index is 12.0. The van der Waals surface area contributed by atoms with E-state index in [-0.39, 0.29) is 18.3 Å². The number of rotatable bonds is 8. The molecule has 0 radical (unpaired) electrons. The maximum Gasteiger partial charge on any atom is 0.311 e. The lowest BCUT2D eigenvalue weighted by Crippen LogP contribution is -2.12. The van der Waals surface area contributed by atoms with Gasteiger partial charge in [-0.05, 0) is 19.1 Å². The zero-order chi connectivity index (χ0) is 18.4. The zero-order valence-corrected chi connectivity index (χ0v) is 15.5. The number of ether oxygens (including phenoxy) is 1. The van der Waals surface area contributed by atoms with Crippen LogP contribution in [0, 0.1) is 0 Å². The summed E-state index contributed by atoms with van der Waals surface area (Å²) in [5.41, 5.74) is 1.26. The van der Waals surface area contributed by atoms with Gasteiger partial charge < -0.3 is 10.1 Å². The lowest BCUT2D eigenvalue weighted by Gasteiger charge is -2.02. The van der Waals surface area contributed by atoms with Crippen molar-refractivity contribution in [3.63, 3.8) is 0 Å². The number of aromatic nitrogens is 5. The Morgan fingerprint density at radius 2 is 2.27 bits per heavy atom. The summed E-state index contributed by atoms with van der Waals surface area (Å²) in [6.07, 6.45) is 1.95. The molecule has 0 saturated heterocycles. The minimum Gasteiger partial charge on any atom is -0.466 e. The molecule has 0 atom stereocenters. The van der Waals surface area contributed by atoms with Crippen LogP contribution in [0.15, 0.2) is 28.9 Å². The Labute approximate surface area is 157 Å². The van der Waals surface area contributed by atoms with Gasteiger partial charge in [-0.2, -0.15) is 9.61 Å². The monoisotopic (exact) mass is 392 g/mol. The van der Waals surface area contributed by atoms with Gasteiger partial charge in [0.2, 0.25) is 5.91 Å². The van der Waals surface area contributed by atoms with Crippen molar-refractivity contribution in [2.24, 2.45) is 0 Å². The number of amides is 1. The van der Waals surface area contributed by atoms with Gasteiger partial charge in [-0.25, -0.2) is 4.98 Å². The van der Waals surface area contributed by atoms with Gasteiger partial charge in [0, 0.05) is 17.6 Å². The normalized spacial score (nSPS) is 10.8. The number of esters is 1. The molecule has 1 N–H and O–H groups in total. The van der Waals surface area contributed by atoms with Gasteiger partial charge >= 0.3 is 5.97 Å². The summed E-state index contributed by atoms with van der Waals surface area (Å²) in [5, 5.41) is 17.7. The molecule has 0 fully saturated rings. The lowest BCUT2D eigenvalue weighted by molar-refractivity contribution is -0.142. The van der Waals surface area contributed by atoms with E-state index in [1.165, 1.54) is 29.4 Å². The van der Waals surface area contributed by atoms with E-state index in [9.17, 15) is 9.59 Å². The van der Waals surface area contributed by atoms with Crippen molar-refractivity contribution < 1.29 is 14.3 Å². The van der Waals surface area contributed by atoms with E-state index in [1.54, 1.807) is 16.8 Å². The van der Waals surface area contributed by atoms with E-state index < -0.39 is 0 Å². The van der Waals surface area contributed by atoms with Crippen LogP contribution < -0.4 is 5.32 Å². The molecule has 11 heteroatoms. The third kappa shape index (κ3) is 4.99. The topological polar surface area (TPSA) is 111 Å². The number of hydrogen-bond acceptors (Lipinski definition) is 9.